The van der Waals surface area contributed by atoms with Crippen LogP contribution in [0, 0.1) is 0 Å². The molecule has 0 aliphatic carbocycles. The number of hydrogen-bond acceptors (Lipinski definition) is 6. The molecule has 0 saturated carbocycles. The Morgan fingerprint density at radius 3 is 2.43 bits per heavy atom. The summed E-state index contributed by atoms with van der Waals surface area (Å²) in [7, 11) is -1.38. The highest BCUT2D eigenvalue weighted by Gasteiger charge is 2.33. The Bertz CT molecular complexity index is 329. The van der Waals surface area contributed by atoms with E-state index in [1.807, 2.05) is 0 Å². The fourth-order valence-electron chi connectivity index (χ4n) is 1.76. The van der Waals surface area contributed by atoms with Gasteiger partial charge in [-0.1, -0.05) is 12.8 Å². The predicted octanol–water partition coefficient (Wildman–Crippen LogP) is -1.05. The van der Waals surface area contributed by atoms with Crippen molar-refractivity contribution >= 4 is 19.0 Å². The van der Waals surface area contributed by atoms with Gasteiger partial charge in [0.15, 0.2) is 0 Å². The monoisotopic (exact) mass is 304 g/mol. The maximum absolute atomic E-state index is 11.2. The number of carbonyl (C=O) groups excluding carboxylic acids is 1. The number of nitrogens with two attached hydrogens (primary N) is 1. The molecule has 122 valence electrons. The maximum atomic E-state index is 11.2. The molecule has 1 atom stereocenters. The van der Waals surface area contributed by atoms with Crippen molar-refractivity contribution < 1.29 is 29.5 Å². The van der Waals surface area contributed by atoms with E-state index >= 15 is 0 Å². The van der Waals surface area contributed by atoms with Gasteiger partial charge in [0, 0.05) is 20.1 Å². The van der Waals surface area contributed by atoms with Crippen LogP contribution in [0.15, 0.2) is 0 Å². The highest BCUT2D eigenvalue weighted by Crippen LogP contribution is 2.17. The van der Waals surface area contributed by atoms with Crippen molar-refractivity contribution in [2.24, 2.45) is 5.73 Å². The first-order chi connectivity index (χ1) is 9.78. The smallest absolute Gasteiger partial charge is 0.451 e. The molecule has 0 aromatic carbocycles. The van der Waals surface area contributed by atoms with Crippen molar-refractivity contribution in [3.63, 3.8) is 0 Å². The van der Waals surface area contributed by atoms with Crippen LogP contribution < -0.4 is 11.1 Å². The summed E-state index contributed by atoms with van der Waals surface area (Å²) in [6, 6.07) is 0. The Morgan fingerprint density at radius 2 is 1.90 bits per heavy atom. The van der Waals surface area contributed by atoms with E-state index in [1.165, 1.54) is 6.92 Å². The van der Waals surface area contributed by atoms with Gasteiger partial charge < -0.3 is 30.9 Å². The van der Waals surface area contributed by atoms with E-state index in [1.54, 1.807) is 0 Å². The van der Waals surface area contributed by atoms with Gasteiger partial charge in [-0.05, 0) is 19.2 Å². The lowest BCUT2D eigenvalue weighted by Gasteiger charge is -2.24. The second kappa shape index (κ2) is 10.6. The molecule has 0 aliphatic heterocycles. The van der Waals surface area contributed by atoms with E-state index in [-0.39, 0.29) is 31.7 Å². The van der Waals surface area contributed by atoms with Gasteiger partial charge in [-0.15, -0.1) is 0 Å². The number of carbonyl (C=O) groups is 2. The first kappa shape index (κ1) is 19.8. The van der Waals surface area contributed by atoms with E-state index in [9.17, 15) is 14.7 Å². The van der Waals surface area contributed by atoms with Gasteiger partial charge in [-0.25, -0.2) is 0 Å². The van der Waals surface area contributed by atoms with Crippen LogP contribution in [-0.2, 0) is 14.3 Å². The molecule has 0 rings (SSSR count). The summed E-state index contributed by atoms with van der Waals surface area (Å²) in [5.74, 6) is -1.25. The van der Waals surface area contributed by atoms with Crippen LogP contribution in [0.25, 0.3) is 0 Å². The van der Waals surface area contributed by atoms with E-state index in [0.717, 1.165) is 0 Å². The lowest BCUT2D eigenvalue weighted by Crippen LogP contribution is -2.48. The van der Waals surface area contributed by atoms with Gasteiger partial charge in [-0.3, -0.25) is 9.59 Å². The highest BCUT2D eigenvalue weighted by molar-refractivity contribution is 6.40. The summed E-state index contributed by atoms with van der Waals surface area (Å²) < 4.78 is 5.24. The number of nitrogens with one attached hydrogen (secondary N) is 1. The zero-order valence-corrected chi connectivity index (χ0v) is 12.4. The highest BCUT2D eigenvalue weighted by atomic mass is 16.5. The van der Waals surface area contributed by atoms with Gasteiger partial charge in [0.1, 0.15) is 5.54 Å². The Labute approximate surface area is 124 Å². The third-order valence-electron chi connectivity index (χ3n) is 3.07. The lowest BCUT2D eigenvalue weighted by atomic mass is 9.81. The number of rotatable bonds is 12. The van der Waals surface area contributed by atoms with Crippen molar-refractivity contribution in [1.29, 1.82) is 0 Å². The van der Waals surface area contributed by atoms with Gasteiger partial charge in [-0.2, -0.15) is 0 Å². The second-order valence-corrected chi connectivity index (χ2v) is 5.03. The van der Waals surface area contributed by atoms with Crippen LogP contribution in [-0.4, -0.2) is 59.4 Å². The molecule has 0 radical (unpaired) electrons. The molecular formula is C12H25BN2O6. The Hall–Kier alpha value is -1.16. The van der Waals surface area contributed by atoms with Gasteiger partial charge in [0.05, 0.1) is 6.61 Å². The van der Waals surface area contributed by atoms with Crippen LogP contribution in [0.4, 0.5) is 0 Å². The Balaban J connectivity index is 3.93. The average Bonchev–Trinajstić information content (AvgIpc) is 2.38. The molecule has 0 aromatic rings. The number of carboxylic acids is 1. The summed E-state index contributed by atoms with van der Waals surface area (Å²) in [6.45, 7) is 2.25. The molecule has 0 aliphatic rings. The summed E-state index contributed by atoms with van der Waals surface area (Å²) in [5, 5.41) is 29.2. The molecule has 1 amide bonds. The topological polar surface area (TPSA) is 142 Å². The van der Waals surface area contributed by atoms with Gasteiger partial charge >= 0.3 is 13.1 Å². The average molecular weight is 304 g/mol. The predicted molar refractivity (Wildman–Crippen MR) is 77.5 cm³/mol. The van der Waals surface area contributed by atoms with Gasteiger partial charge in [0.2, 0.25) is 5.91 Å². The fraction of sp³-hybridized carbons (Fsp3) is 0.833. The summed E-state index contributed by atoms with van der Waals surface area (Å²) >= 11 is 0. The van der Waals surface area contributed by atoms with E-state index < -0.39 is 18.6 Å². The van der Waals surface area contributed by atoms with Crippen LogP contribution in [0.3, 0.4) is 0 Å². The van der Waals surface area contributed by atoms with E-state index in [4.69, 9.17) is 20.5 Å². The zero-order valence-electron chi connectivity index (χ0n) is 12.4. The number of hydrogen-bond donors (Lipinski definition) is 5. The van der Waals surface area contributed by atoms with Crippen LogP contribution >= 0.6 is 0 Å². The largest absolute Gasteiger partial charge is 0.480 e. The van der Waals surface area contributed by atoms with Crippen LogP contribution in [0.5, 0.6) is 0 Å². The first-order valence-electron chi connectivity index (χ1n) is 6.98. The molecule has 8 nitrogen and oxygen atoms in total. The molecule has 0 spiro atoms. The minimum absolute atomic E-state index is 0.150. The number of amides is 1. The molecule has 0 fully saturated rings. The second-order valence-electron chi connectivity index (χ2n) is 5.03. The van der Waals surface area contributed by atoms with Crippen LogP contribution in [0.2, 0.25) is 6.32 Å². The maximum Gasteiger partial charge on any atom is 0.451 e. The SMILES string of the molecule is CC(=O)NCCOCCC(N)(CCCCB(O)O)C(=O)O. The van der Waals surface area contributed by atoms with Gasteiger partial charge in [0.25, 0.3) is 0 Å². The van der Waals surface area contributed by atoms with Crippen molar-refractivity contribution in [3.8, 4) is 0 Å². The third kappa shape index (κ3) is 10.2. The van der Waals surface area contributed by atoms with Crippen molar-refractivity contribution in [2.75, 3.05) is 19.8 Å². The van der Waals surface area contributed by atoms with Crippen LogP contribution in [0.1, 0.15) is 32.6 Å². The molecule has 0 saturated heterocycles. The molecule has 1 unspecified atom stereocenters. The molecule has 0 aromatic heterocycles. The minimum Gasteiger partial charge on any atom is -0.480 e. The fourth-order valence-corrected chi connectivity index (χ4v) is 1.76. The van der Waals surface area contributed by atoms with Crippen molar-refractivity contribution in [3.05, 3.63) is 0 Å². The van der Waals surface area contributed by atoms with Crippen molar-refractivity contribution in [2.45, 2.75) is 44.5 Å². The minimum atomic E-state index is -1.38. The number of carboxylic acid groups (broad SMARTS) is 1. The quantitative estimate of drug-likeness (QED) is 0.229. The molecule has 0 heterocycles. The molecule has 6 N–H and O–H groups in total. The van der Waals surface area contributed by atoms with E-state index in [2.05, 4.69) is 5.32 Å². The summed E-state index contributed by atoms with van der Waals surface area (Å²) in [6.07, 6.45) is 1.58. The molecule has 21 heavy (non-hydrogen) atoms. The molecule has 9 heteroatoms. The first-order valence-corrected chi connectivity index (χ1v) is 6.98. The standard InChI is InChI=1S/C12H25BN2O6/c1-10(16)15-7-9-21-8-5-12(14,11(17)18)4-2-3-6-13(19)20/h19-20H,2-9,14H2,1H3,(H,15,16)(H,17,18). The number of unbranched alkanes of at least 4 members (excludes halogenated alkanes) is 1. The van der Waals surface area contributed by atoms with E-state index in [0.29, 0.717) is 26.0 Å². The lowest BCUT2D eigenvalue weighted by molar-refractivity contribution is -0.144. The zero-order chi connectivity index (χ0) is 16.3. The van der Waals surface area contributed by atoms with Crippen molar-refractivity contribution in [1.82, 2.24) is 5.32 Å². The molecule has 0 bridgehead atoms. The normalized spacial score (nSPS) is 13.5. The number of ether oxygens (including phenoxy) is 1. The Kier molecular flexibility index (Phi) is 9.97. The summed E-state index contributed by atoms with van der Waals surface area (Å²) in [5.41, 5.74) is 4.47. The Morgan fingerprint density at radius 1 is 1.24 bits per heavy atom. The third-order valence-corrected chi connectivity index (χ3v) is 3.07. The summed E-state index contributed by atoms with van der Waals surface area (Å²) in [4.78, 5) is 21.8. The molecular weight excluding hydrogens is 279 g/mol. The number of aliphatic carboxylic acids is 1.